The average Bonchev–Trinajstić information content (AvgIpc) is 2.72. The number of aromatic nitrogens is 2. The Labute approximate surface area is 164 Å². The predicted octanol–water partition coefficient (Wildman–Crippen LogP) is 4.28. The van der Waals surface area contributed by atoms with Gasteiger partial charge in [-0.3, -0.25) is 4.79 Å². The summed E-state index contributed by atoms with van der Waals surface area (Å²) in [6, 6.07) is 17.4. The quantitative estimate of drug-likeness (QED) is 0.644. The van der Waals surface area contributed by atoms with Gasteiger partial charge in [0.05, 0.1) is 0 Å². The lowest BCUT2D eigenvalue weighted by atomic mass is 10.2. The molecule has 5 nitrogen and oxygen atoms in total. The fraction of sp³-hybridized carbons (Fsp3) is 0.227. The lowest BCUT2D eigenvalue weighted by Gasteiger charge is -2.11. The number of nitrogens with zero attached hydrogens (tertiary/aromatic N) is 2. The van der Waals surface area contributed by atoms with Crippen molar-refractivity contribution in [2.45, 2.75) is 20.4 Å². The Bertz CT molecular complexity index is 927. The Morgan fingerprint density at radius 1 is 1.04 bits per heavy atom. The van der Waals surface area contributed by atoms with Gasteiger partial charge in [0.15, 0.2) is 5.82 Å². The number of rotatable bonds is 7. The van der Waals surface area contributed by atoms with E-state index in [1.54, 1.807) is 18.2 Å². The molecule has 0 saturated carbocycles. The van der Waals surface area contributed by atoms with E-state index in [0.29, 0.717) is 36.3 Å². The molecule has 2 aromatic carbocycles. The SMILES string of the molecule is CC(C)CNC(=O)c1cc(NCc2ccc(F)cc2)nc(-c2ccccc2)n1. The average molecular weight is 378 g/mol. The summed E-state index contributed by atoms with van der Waals surface area (Å²) >= 11 is 0. The van der Waals surface area contributed by atoms with Gasteiger partial charge in [0, 0.05) is 24.7 Å². The van der Waals surface area contributed by atoms with Gasteiger partial charge in [0.1, 0.15) is 17.3 Å². The van der Waals surface area contributed by atoms with Crippen LogP contribution in [-0.4, -0.2) is 22.4 Å². The minimum atomic E-state index is -0.277. The summed E-state index contributed by atoms with van der Waals surface area (Å²) in [5, 5.41) is 6.08. The van der Waals surface area contributed by atoms with E-state index >= 15 is 0 Å². The van der Waals surface area contributed by atoms with Gasteiger partial charge in [-0.2, -0.15) is 0 Å². The van der Waals surface area contributed by atoms with Crippen LogP contribution in [0.3, 0.4) is 0 Å². The number of hydrogen-bond acceptors (Lipinski definition) is 4. The highest BCUT2D eigenvalue weighted by Gasteiger charge is 2.13. The van der Waals surface area contributed by atoms with E-state index in [-0.39, 0.29) is 11.7 Å². The minimum Gasteiger partial charge on any atom is -0.366 e. The number of carbonyl (C=O) groups excluding carboxylic acids is 1. The molecule has 0 atom stereocenters. The molecule has 1 aromatic heterocycles. The normalized spacial score (nSPS) is 10.7. The number of amides is 1. The highest BCUT2D eigenvalue weighted by molar-refractivity contribution is 5.93. The molecule has 6 heteroatoms. The van der Waals surface area contributed by atoms with Crippen molar-refractivity contribution in [2.75, 3.05) is 11.9 Å². The summed E-state index contributed by atoms with van der Waals surface area (Å²) in [6.07, 6.45) is 0. The highest BCUT2D eigenvalue weighted by Crippen LogP contribution is 2.18. The van der Waals surface area contributed by atoms with Crippen LogP contribution in [0.1, 0.15) is 29.9 Å². The first kappa shape index (κ1) is 19.5. The summed E-state index contributed by atoms with van der Waals surface area (Å²) in [5.41, 5.74) is 2.04. The van der Waals surface area contributed by atoms with Gasteiger partial charge < -0.3 is 10.6 Å². The fourth-order valence-corrected chi connectivity index (χ4v) is 2.55. The van der Waals surface area contributed by atoms with E-state index < -0.39 is 0 Å². The van der Waals surface area contributed by atoms with Gasteiger partial charge in [-0.25, -0.2) is 14.4 Å². The van der Waals surface area contributed by atoms with Crippen molar-refractivity contribution in [3.63, 3.8) is 0 Å². The third-order valence-corrected chi connectivity index (χ3v) is 4.05. The molecule has 0 saturated heterocycles. The topological polar surface area (TPSA) is 66.9 Å². The highest BCUT2D eigenvalue weighted by atomic mass is 19.1. The molecular weight excluding hydrogens is 355 g/mol. The van der Waals surface area contributed by atoms with Crippen LogP contribution in [0.25, 0.3) is 11.4 Å². The zero-order valence-electron chi connectivity index (χ0n) is 15.9. The summed E-state index contributed by atoms with van der Waals surface area (Å²) in [5.74, 6) is 0.835. The smallest absolute Gasteiger partial charge is 0.270 e. The van der Waals surface area contributed by atoms with Crippen LogP contribution in [0, 0.1) is 11.7 Å². The summed E-state index contributed by atoms with van der Waals surface area (Å²) in [4.78, 5) is 21.5. The monoisotopic (exact) mass is 378 g/mol. The predicted molar refractivity (Wildman–Crippen MR) is 108 cm³/mol. The Morgan fingerprint density at radius 2 is 1.75 bits per heavy atom. The Kier molecular flexibility index (Phi) is 6.32. The van der Waals surface area contributed by atoms with E-state index in [4.69, 9.17) is 0 Å². The fourth-order valence-electron chi connectivity index (χ4n) is 2.55. The van der Waals surface area contributed by atoms with Crippen LogP contribution in [0.15, 0.2) is 60.7 Å². The van der Waals surface area contributed by atoms with Crippen LogP contribution in [0.2, 0.25) is 0 Å². The lowest BCUT2D eigenvalue weighted by Crippen LogP contribution is -2.28. The third kappa shape index (κ3) is 5.36. The van der Waals surface area contributed by atoms with Crippen molar-refractivity contribution in [3.05, 3.63) is 77.7 Å². The zero-order valence-corrected chi connectivity index (χ0v) is 15.9. The molecule has 0 aliphatic rings. The second kappa shape index (κ2) is 9.08. The first-order chi connectivity index (χ1) is 13.5. The number of nitrogens with one attached hydrogen (secondary N) is 2. The van der Waals surface area contributed by atoms with Crippen LogP contribution in [0.4, 0.5) is 10.2 Å². The van der Waals surface area contributed by atoms with Crippen molar-refractivity contribution in [3.8, 4) is 11.4 Å². The molecule has 3 rings (SSSR count). The van der Waals surface area contributed by atoms with E-state index in [1.807, 2.05) is 44.2 Å². The zero-order chi connectivity index (χ0) is 19.9. The maximum Gasteiger partial charge on any atom is 0.270 e. The van der Waals surface area contributed by atoms with Crippen molar-refractivity contribution >= 4 is 11.7 Å². The van der Waals surface area contributed by atoms with E-state index in [1.165, 1.54) is 12.1 Å². The molecule has 144 valence electrons. The minimum absolute atomic E-state index is 0.238. The summed E-state index contributed by atoms with van der Waals surface area (Å²) in [6.45, 7) is 5.09. The van der Waals surface area contributed by atoms with Crippen LogP contribution < -0.4 is 10.6 Å². The Balaban J connectivity index is 1.86. The second-order valence-corrected chi connectivity index (χ2v) is 6.91. The van der Waals surface area contributed by atoms with Crippen LogP contribution in [-0.2, 0) is 6.54 Å². The molecule has 28 heavy (non-hydrogen) atoms. The molecule has 2 N–H and O–H groups in total. The van der Waals surface area contributed by atoms with Gasteiger partial charge in [-0.15, -0.1) is 0 Å². The molecule has 3 aromatic rings. The molecule has 0 spiro atoms. The number of anilines is 1. The molecule has 0 fully saturated rings. The molecule has 1 heterocycles. The van der Waals surface area contributed by atoms with Gasteiger partial charge in [-0.05, 0) is 23.6 Å². The summed E-state index contributed by atoms with van der Waals surface area (Å²) < 4.78 is 13.1. The van der Waals surface area contributed by atoms with Gasteiger partial charge in [0.2, 0.25) is 0 Å². The third-order valence-electron chi connectivity index (χ3n) is 4.05. The second-order valence-electron chi connectivity index (χ2n) is 6.91. The van der Waals surface area contributed by atoms with Crippen molar-refractivity contribution < 1.29 is 9.18 Å². The molecular formula is C22H23FN4O. The van der Waals surface area contributed by atoms with Crippen LogP contribution in [0.5, 0.6) is 0 Å². The molecule has 0 bridgehead atoms. The van der Waals surface area contributed by atoms with Gasteiger partial charge in [-0.1, -0.05) is 56.3 Å². The maximum atomic E-state index is 13.1. The number of carbonyl (C=O) groups is 1. The van der Waals surface area contributed by atoms with Crippen molar-refractivity contribution in [1.29, 1.82) is 0 Å². The van der Waals surface area contributed by atoms with Gasteiger partial charge in [0.25, 0.3) is 5.91 Å². The summed E-state index contributed by atoms with van der Waals surface area (Å²) in [7, 11) is 0. The Hall–Kier alpha value is -3.28. The lowest BCUT2D eigenvalue weighted by molar-refractivity contribution is 0.0944. The molecule has 1 amide bonds. The maximum absolute atomic E-state index is 13.1. The molecule has 0 unspecified atom stereocenters. The van der Waals surface area contributed by atoms with E-state index in [2.05, 4.69) is 20.6 Å². The standard InChI is InChI=1S/C22H23FN4O/c1-15(2)13-25-22(28)19-12-20(24-14-16-8-10-18(23)11-9-16)27-21(26-19)17-6-4-3-5-7-17/h3-12,15H,13-14H2,1-2H3,(H,25,28)(H,24,26,27). The van der Waals surface area contributed by atoms with E-state index in [9.17, 15) is 9.18 Å². The van der Waals surface area contributed by atoms with Gasteiger partial charge >= 0.3 is 0 Å². The van der Waals surface area contributed by atoms with E-state index in [0.717, 1.165) is 11.1 Å². The van der Waals surface area contributed by atoms with Crippen molar-refractivity contribution in [1.82, 2.24) is 15.3 Å². The van der Waals surface area contributed by atoms with Crippen molar-refractivity contribution in [2.24, 2.45) is 5.92 Å². The number of hydrogen-bond donors (Lipinski definition) is 2. The number of benzene rings is 2. The first-order valence-electron chi connectivity index (χ1n) is 9.22. The first-order valence-corrected chi connectivity index (χ1v) is 9.22. The van der Waals surface area contributed by atoms with Crippen LogP contribution >= 0.6 is 0 Å². The Morgan fingerprint density at radius 3 is 2.43 bits per heavy atom. The molecule has 0 aliphatic heterocycles. The molecule has 0 aliphatic carbocycles. The molecule has 0 radical (unpaired) electrons. The largest absolute Gasteiger partial charge is 0.366 e. The number of halogens is 1.